The number of amides is 1. The number of ether oxygens (including phenoxy) is 2. The van der Waals surface area contributed by atoms with E-state index in [0.29, 0.717) is 42.7 Å². The summed E-state index contributed by atoms with van der Waals surface area (Å²) in [6, 6.07) is 8.81. The van der Waals surface area contributed by atoms with Crippen molar-refractivity contribution in [3.8, 4) is 5.88 Å². The number of fused-ring (bicyclic) bond motifs is 1. The smallest absolute Gasteiger partial charge is 0.222 e. The minimum absolute atomic E-state index is 0.0803. The lowest BCUT2D eigenvalue weighted by Gasteiger charge is -2.38. The molecular weight excluding hydrogens is 518 g/mol. The summed E-state index contributed by atoms with van der Waals surface area (Å²) in [5.41, 5.74) is 2.37. The van der Waals surface area contributed by atoms with Gasteiger partial charge in [0.15, 0.2) is 0 Å². The van der Waals surface area contributed by atoms with E-state index >= 15 is 0 Å². The minimum atomic E-state index is -0.815. The number of nitrogens with one attached hydrogen (secondary N) is 2. The second-order valence-corrected chi connectivity index (χ2v) is 10.4. The molecule has 10 heteroatoms. The number of carbonyl (C=O) groups excluding carboxylic acids is 1. The highest BCUT2D eigenvalue weighted by Crippen LogP contribution is 2.28. The number of aliphatic hydroxyl groups is 1. The van der Waals surface area contributed by atoms with E-state index in [0.717, 1.165) is 36.6 Å². The fourth-order valence-corrected chi connectivity index (χ4v) is 5.06. The fourth-order valence-electron chi connectivity index (χ4n) is 5.06. The van der Waals surface area contributed by atoms with E-state index < -0.39 is 29.9 Å². The third-order valence-electron chi connectivity index (χ3n) is 7.35. The van der Waals surface area contributed by atoms with Crippen molar-refractivity contribution in [1.29, 1.82) is 0 Å². The Bertz CT molecular complexity index is 1370. The van der Waals surface area contributed by atoms with Crippen LogP contribution in [-0.2, 0) is 16.0 Å². The Morgan fingerprint density at radius 3 is 2.85 bits per heavy atom. The second kappa shape index (κ2) is 12.8. The molecule has 40 heavy (non-hydrogen) atoms. The molecule has 1 aromatic carbocycles. The number of halogens is 2. The number of benzene rings is 1. The van der Waals surface area contributed by atoms with Crippen molar-refractivity contribution >= 4 is 23.0 Å². The molecule has 0 spiro atoms. The minimum Gasteiger partial charge on any atom is -0.481 e. The molecule has 5 rings (SSSR count). The Hall–Kier alpha value is -3.47. The molecule has 1 saturated carbocycles. The van der Waals surface area contributed by atoms with Gasteiger partial charge < -0.3 is 25.2 Å². The van der Waals surface area contributed by atoms with Crippen LogP contribution in [0.5, 0.6) is 5.88 Å². The van der Waals surface area contributed by atoms with Gasteiger partial charge in [0.05, 0.1) is 42.9 Å². The number of hydrogen-bond donors (Lipinski definition) is 3. The van der Waals surface area contributed by atoms with Crippen LogP contribution in [0.3, 0.4) is 0 Å². The Kier molecular flexibility index (Phi) is 8.98. The predicted octanol–water partition coefficient (Wildman–Crippen LogP) is 3.71. The van der Waals surface area contributed by atoms with Crippen molar-refractivity contribution in [3.63, 3.8) is 0 Å². The van der Waals surface area contributed by atoms with Crippen LogP contribution in [0.4, 0.5) is 8.78 Å². The zero-order chi connectivity index (χ0) is 28.1. The highest BCUT2D eigenvalue weighted by molar-refractivity contribution is 5.78. The maximum atomic E-state index is 13.9. The van der Waals surface area contributed by atoms with E-state index in [4.69, 9.17) is 9.47 Å². The van der Waals surface area contributed by atoms with Gasteiger partial charge in [-0.2, -0.15) is 0 Å². The van der Waals surface area contributed by atoms with Gasteiger partial charge in [0.1, 0.15) is 11.6 Å². The van der Waals surface area contributed by atoms with Crippen LogP contribution in [0.15, 0.2) is 48.7 Å². The summed E-state index contributed by atoms with van der Waals surface area (Å²) >= 11 is 0. The molecule has 212 valence electrons. The molecule has 3 heterocycles. The molecule has 8 nitrogen and oxygen atoms in total. The average molecular weight is 553 g/mol. The van der Waals surface area contributed by atoms with Gasteiger partial charge in [-0.3, -0.25) is 9.78 Å². The van der Waals surface area contributed by atoms with Crippen molar-refractivity contribution in [1.82, 2.24) is 20.6 Å². The lowest BCUT2D eigenvalue weighted by atomic mass is 9.91. The molecule has 1 saturated heterocycles. The molecule has 2 aliphatic rings. The molecule has 0 unspecified atom stereocenters. The van der Waals surface area contributed by atoms with Gasteiger partial charge in [-0.25, -0.2) is 13.8 Å². The van der Waals surface area contributed by atoms with Gasteiger partial charge >= 0.3 is 0 Å². The fraction of sp³-hybridized carbons (Fsp3) is 0.433. The zero-order valence-electron chi connectivity index (χ0n) is 22.4. The van der Waals surface area contributed by atoms with Gasteiger partial charge in [-0.05, 0) is 61.6 Å². The summed E-state index contributed by atoms with van der Waals surface area (Å²) in [5.74, 6) is -0.616. The van der Waals surface area contributed by atoms with Crippen LogP contribution in [0.25, 0.3) is 17.1 Å². The van der Waals surface area contributed by atoms with Crippen molar-refractivity contribution in [3.05, 3.63) is 71.4 Å². The number of nitrogens with zero attached hydrogens (tertiary/aromatic N) is 2. The van der Waals surface area contributed by atoms with Crippen LogP contribution in [-0.4, -0.2) is 65.0 Å². The van der Waals surface area contributed by atoms with E-state index in [1.54, 1.807) is 25.4 Å². The first-order valence-corrected chi connectivity index (χ1v) is 13.7. The quantitative estimate of drug-likeness (QED) is 0.333. The first-order chi connectivity index (χ1) is 19.4. The third kappa shape index (κ3) is 7.18. The average Bonchev–Trinajstić information content (AvgIpc) is 3.77. The van der Waals surface area contributed by atoms with Gasteiger partial charge in [-0.1, -0.05) is 12.2 Å². The lowest BCUT2D eigenvalue weighted by Crippen LogP contribution is -2.51. The molecule has 2 fully saturated rings. The summed E-state index contributed by atoms with van der Waals surface area (Å²) in [4.78, 5) is 21.5. The van der Waals surface area contributed by atoms with Crippen LogP contribution in [0, 0.1) is 11.6 Å². The number of hydrogen-bond acceptors (Lipinski definition) is 7. The number of carbonyl (C=O) groups is 1. The number of aromatic nitrogens is 2. The molecule has 2 aromatic heterocycles. The Morgan fingerprint density at radius 1 is 1.20 bits per heavy atom. The van der Waals surface area contributed by atoms with E-state index in [1.165, 1.54) is 6.08 Å². The molecule has 1 amide bonds. The van der Waals surface area contributed by atoms with Crippen molar-refractivity contribution < 1.29 is 28.2 Å². The van der Waals surface area contributed by atoms with E-state index in [1.807, 2.05) is 12.1 Å². The van der Waals surface area contributed by atoms with Gasteiger partial charge in [0, 0.05) is 42.9 Å². The number of aliphatic hydroxyl groups excluding tert-OH is 1. The Labute approximate surface area is 231 Å². The standard InChI is InChI=1S/C30H34F2N4O4/c1-39-29-11-9-24-30(36-29)19(12-14-34-24)16-25(37)26-10-8-23(27(40-26)17-28(38)35-21-5-6-21)33-13-2-3-18-15-20(31)4-7-22(18)32/h2-4,7,9,11-12,14-15,21,23,25-27,33,37H,5-6,8,10,13,16-17H2,1H3,(H,35,38)/t23-,25+,26+,27-/m1/s1. The summed E-state index contributed by atoms with van der Waals surface area (Å²) in [7, 11) is 1.55. The molecule has 3 N–H and O–H groups in total. The maximum Gasteiger partial charge on any atom is 0.222 e. The lowest BCUT2D eigenvalue weighted by molar-refractivity contribution is -0.138. The van der Waals surface area contributed by atoms with Gasteiger partial charge in [0.25, 0.3) is 0 Å². The maximum absolute atomic E-state index is 13.9. The van der Waals surface area contributed by atoms with Crippen molar-refractivity contribution in [2.75, 3.05) is 13.7 Å². The SMILES string of the molecule is COc1ccc2nccc(C[C@H](O)[C@@H]3CC[C@@H](NCC=Cc4cc(F)ccc4F)[C@@H](CC(=O)NC4CC4)O3)c2n1. The molecule has 3 aromatic rings. The van der Waals surface area contributed by atoms with E-state index in [-0.39, 0.29) is 30.0 Å². The van der Waals surface area contributed by atoms with Crippen LogP contribution in [0.1, 0.15) is 43.2 Å². The summed E-state index contributed by atoms with van der Waals surface area (Å²) in [5, 5.41) is 17.6. The highest BCUT2D eigenvalue weighted by Gasteiger charge is 2.36. The molecule has 1 aliphatic carbocycles. The predicted molar refractivity (Wildman–Crippen MR) is 147 cm³/mol. The van der Waals surface area contributed by atoms with Crippen molar-refractivity contribution in [2.45, 2.75) is 68.9 Å². The Balaban J connectivity index is 1.24. The topological polar surface area (TPSA) is 106 Å². The molecule has 4 atom stereocenters. The highest BCUT2D eigenvalue weighted by atomic mass is 19.1. The van der Waals surface area contributed by atoms with Crippen LogP contribution < -0.4 is 15.4 Å². The molecule has 1 aliphatic heterocycles. The van der Waals surface area contributed by atoms with Gasteiger partial charge in [-0.15, -0.1) is 0 Å². The first kappa shape index (κ1) is 28.1. The second-order valence-electron chi connectivity index (χ2n) is 10.4. The summed E-state index contributed by atoms with van der Waals surface area (Å²) < 4.78 is 39.0. The zero-order valence-corrected chi connectivity index (χ0v) is 22.4. The van der Waals surface area contributed by atoms with E-state index in [9.17, 15) is 18.7 Å². The third-order valence-corrected chi connectivity index (χ3v) is 7.35. The van der Waals surface area contributed by atoms with Crippen LogP contribution in [0.2, 0.25) is 0 Å². The monoisotopic (exact) mass is 552 g/mol. The van der Waals surface area contributed by atoms with Crippen LogP contribution >= 0.6 is 0 Å². The van der Waals surface area contributed by atoms with E-state index in [2.05, 4.69) is 20.6 Å². The summed E-state index contributed by atoms with van der Waals surface area (Å²) in [6.07, 6.45) is 6.90. The molecular formula is C30H34F2N4O4. The molecule has 0 bridgehead atoms. The molecule has 0 radical (unpaired) electrons. The number of pyridine rings is 2. The van der Waals surface area contributed by atoms with Crippen molar-refractivity contribution in [2.24, 2.45) is 0 Å². The normalized spacial score (nSPS) is 21.9. The van der Waals surface area contributed by atoms with Gasteiger partial charge in [0.2, 0.25) is 11.8 Å². The first-order valence-electron chi connectivity index (χ1n) is 13.7. The largest absolute Gasteiger partial charge is 0.481 e. The Morgan fingerprint density at radius 2 is 2.05 bits per heavy atom. The number of methoxy groups -OCH3 is 1. The number of rotatable bonds is 11. The summed E-state index contributed by atoms with van der Waals surface area (Å²) in [6.45, 7) is 0.383.